The average molecular weight is 445 g/mol. The summed E-state index contributed by atoms with van der Waals surface area (Å²) in [7, 11) is -3.82. The highest BCUT2D eigenvalue weighted by atomic mass is 32.2. The molecule has 0 aliphatic carbocycles. The Kier molecular flexibility index (Phi) is 6.70. The van der Waals surface area contributed by atoms with E-state index in [0.29, 0.717) is 5.69 Å². The van der Waals surface area contributed by atoms with E-state index < -0.39 is 28.0 Å². The number of anilines is 2. The van der Waals surface area contributed by atoms with Crippen molar-refractivity contribution >= 4 is 44.7 Å². The van der Waals surface area contributed by atoms with Crippen LogP contribution in [0.15, 0.2) is 77.0 Å². The van der Waals surface area contributed by atoms with Crippen LogP contribution in [-0.2, 0) is 14.8 Å². The number of primary amides is 1. The van der Waals surface area contributed by atoms with Crippen molar-refractivity contribution in [1.29, 1.82) is 0 Å². The number of hydrogen-bond donors (Lipinski definition) is 4. The molecule has 2 aromatic carbocycles. The molecule has 1 aromatic heterocycles. The molecule has 10 heteroatoms. The Morgan fingerprint density at radius 2 is 1.60 bits per heavy atom. The van der Waals surface area contributed by atoms with Gasteiger partial charge in [-0.15, -0.1) is 11.3 Å². The van der Waals surface area contributed by atoms with Crippen molar-refractivity contribution in [1.82, 2.24) is 5.32 Å². The predicted molar refractivity (Wildman–Crippen MR) is 117 cm³/mol. The number of sulfonamides is 1. The Bertz CT molecular complexity index is 1120. The molecule has 0 spiro atoms. The second-order valence-electron chi connectivity index (χ2n) is 6.29. The zero-order valence-corrected chi connectivity index (χ0v) is 17.4. The SMILES string of the molecule is NC(=O)N[C@H](CC(=O)Nc1ccccc1NS(=O)(=O)c1ccccc1)c1cccs1. The molecule has 3 amide bonds. The molecule has 0 bridgehead atoms. The summed E-state index contributed by atoms with van der Waals surface area (Å²) in [6.45, 7) is 0. The van der Waals surface area contributed by atoms with Gasteiger partial charge >= 0.3 is 6.03 Å². The molecule has 0 saturated heterocycles. The molecule has 0 aliphatic heterocycles. The van der Waals surface area contributed by atoms with Crippen molar-refractivity contribution in [2.75, 3.05) is 10.0 Å². The van der Waals surface area contributed by atoms with Crippen molar-refractivity contribution in [2.24, 2.45) is 5.73 Å². The first-order chi connectivity index (χ1) is 14.3. The van der Waals surface area contributed by atoms with Gasteiger partial charge in [0.25, 0.3) is 10.0 Å². The van der Waals surface area contributed by atoms with Gasteiger partial charge < -0.3 is 16.4 Å². The third kappa shape index (κ3) is 5.58. The van der Waals surface area contributed by atoms with Gasteiger partial charge in [-0.05, 0) is 35.7 Å². The fourth-order valence-electron chi connectivity index (χ4n) is 2.76. The molecular weight excluding hydrogens is 424 g/mol. The molecule has 0 aliphatic rings. The molecule has 30 heavy (non-hydrogen) atoms. The summed E-state index contributed by atoms with van der Waals surface area (Å²) >= 11 is 1.39. The lowest BCUT2D eigenvalue weighted by Crippen LogP contribution is -2.35. The minimum Gasteiger partial charge on any atom is -0.352 e. The van der Waals surface area contributed by atoms with E-state index in [1.165, 1.54) is 23.5 Å². The number of nitrogens with one attached hydrogen (secondary N) is 3. The maximum atomic E-state index is 12.6. The van der Waals surface area contributed by atoms with Gasteiger partial charge in [-0.25, -0.2) is 13.2 Å². The van der Waals surface area contributed by atoms with Gasteiger partial charge in [0.15, 0.2) is 0 Å². The van der Waals surface area contributed by atoms with E-state index in [2.05, 4.69) is 15.4 Å². The minimum atomic E-state index is -3.82. The smallest absolute Gasteiger partial charge is 0.312 e. The Labute approximate surface area is 178 Å². The first-order valence-corrected chi connectivity index (χ1v) is 11.3. The number of carbonyl (C=O) groups excluding carboxylic acids is 2. The fourth-order valence-corrected chi connectivity index (χ4v) is 4.63. The minimum absolute atomic E-state index is 0.0662. The summed E-state index contributed by atoms with van der Waals surface area (Å²) in [5.74, 6) is -0.409. The number of benzene rings is 2. The van der Waals surface area contributed by atoms with Crippen LogP contribution < -0.4 is 21.1 Å². The molecule has 1 heterocycles. The summed E-state index contributed by atoms with van der Waals surface area (Å²) in [4.78, 5) is 24.8. The van der Waals surface area contributed by atoms with Crippen molar-refractivity contribution in [3.8, 4) is 0 Å². The largest absolute Gasteiger partial charge is 0.352 e. The molecule has 3 rings (SSSR count). The third-order valence-electron chi connectivity index (χ3n) is 4.09. The predicted octanol–water partition coefficient (Wildman–Crippen LogP) is 3.29. The summed E-state index contributed by atoms with van der Waals surface area (Å²) in [5, 5.41) is 7.08. The van der Waals surface area contributed by atoms with E-state index >= 15 is 0 Å². The molecule has 3 aromatic rings. The van der Waals surface area contributed by atoms with E-state index in [4.69, 9.17) is 5.73 Å². The van der Waals surface area contributed by atoms with E-state index in [0.717, 1.165) is 4.88 Å². The van der Waals surface area contributed by atoms with Crippen LogP contribution >= 0.6 is 11.3 Å². The lowest BCUT2D eigenvalue weighted by molar-refractivity contribution is -0.116. The summed E-state index contributed by atoms with van der Waals surface area (Å²) in [6.07, 6.45) is -0.0662. The Hall–Kier alpha value is -3.37. The quantitative estimate of drug-likeness (QED) is 0.425. The monoisotopic (exact) mass is 444 g/mol. The standard InChI is InChI=1S/C20H20N4O4S2/c21-20(26)23-17(18-11-6-12-29-18)13-19(25)22-15-9-4-5-10-16(15)24-30(27,28)14-7-2-1-3-8-14/h1-12,17,24H,13H2,(H,22,25)(H3,21,23,26)/t17-/m1/s1. The maximum absolute atomic E-state index is 12.6. The van der Waals surface area contributed by atoms with Crippen LogP contribution in [0, 0.1) is 0 Å². The van der Waals surface area contributed by atoms with Gasteiger partial charge in [0, 0.05) is 4.88 Å². The van der Waals surface area contributed by atoms with Crippen LogP contribution in [0.3, 0.4) is 0 Å². The second kappa shape index (κ2) is 9.42. The van der Waals surface area contributed by atoms with Gasteiger partial charge in [-0.1, -0.05) is 36.4 Å². The summed E-state index contributed by atoms with van der Waals surface area (Å²) in [6, 6.07) is 16.7. The third-order valence-corrected chi connectivity index (χ3v) is 6.46. The van der Waals surface area contributed by atoms with Gasteiger partial charge in [-0.3, -0.25) is 9.52 Å². The van der Waals surface area contributed by atoms with E-state index in [-0.39, 0.29) is 17.0 Å². The Morgan fingerprint density at radius 3 is 2.23 bits per heavy atom. The van der Waals surface area contributed by atoms with Crippen LogP contribution in [-0.4, -0.2) is 20.4 Å². The molecular formula is C20H20N4O4S2. The molecule has 8 nitrogen and oxygen atoms in total. The Morgan fingerprint density at radius 1 is 0.933 bits per heavy atom. The van der Waals surface area contributed by atoms with Crippen LogP contribution in [0.1, 0.15) is 17.3 Å². The Balaban J connectivity index is 1.75. The van der Waals surface area contributed by atoms with Crippen LogP contribution in [0.5, 0.6) is 0 Å². The number of nitrogens with two attached hydrogens (primary N) is 1. The fraction of sp³-hybridized carbons (Fsp3) is 0.100. The number of thiophene rings is 1. The topological polar surface area (TPSA) is 130 Å². The summed E-state index contributed by atoms with van der Waals surface area (Å²) < 4.78 is 27.7. The number of carbonyl (C=O) groups is 2. The van der Waals surface area contributed by atoms with Crippen molar-refractivity contribution in [3.63, 3.8) is 0 Å². The number of para-hydroxylation sites is 2. The van der Waals surface area contributed by atoms with E-state index in [1.54, 1.807) is 54.6 Å². The zero-order chi connectivity index (χ0) is 21.6. The molecule has 0 saturated carbocycles. The van der Waals surface area contributed by atoms with Gasteiger partial charge in [0.1, 0.15) is 0 Å². The van der Waals surface area contributed by atoms with Crippen LogP contribution in [0.25, 0.3) is 0 Å². The van der Waals surface area contributed by atoms with E-state index in [9.17, 15) is 18.0 Å². The average Bonchev–Trinajstić information content (AvgIpc) is 3.24. The van der Waals surface area contributed by atoms with Crippen molar-refractivity contribution in [2.45, 2.75) is 17.4 Å². The molecule has 0 fully saturated rings. The molecule has 156 valence electrons. The maximum Gasteiger partial charge on any atom is 0.312 e. The summed E-state index contributed by atoms with van der Waals surface area (Å²) in [5.41, 5.74) is 5.75. The first-order valence-electron chi connectivity index (χ1n) is 8.91. The lowest BCUT2D eigenvalue weighted by Gasteiger charge is -2.17. The highest BCUT2D eigenvalue weighted by Gasteiger charge is 2.20. The molecule has 0 unspecified atom stereocenters. The second-order valence-corrected chi connectivity index (χ2v) is 8.95. The van der Waals surface area contributed by atoms with Crippen LogP contribution in [0.2, 0.25) is 0 Å². The van der Waals surface area contributed by atoms with Crippen LogP contribution in [0.4, 0.5) is 16.2 Å². The first kappa shape index (κ1) is 21.3. The lowest BCUT2D eigenvalue weighted by atomic mass is 10.1. The van der Waals surface area contributed by atoms with Crippen molar-refractivity contribution in [3.05, 3.63) is 77.0 Å². The molecule has 1 atom stereocenters. The molecule has 5 N–H and O–H groups in total. The van der Waals surface area contributed by atoms with Gasteiger partial charge in [0.2, 0.25) is 5.91 Å². The number of rotatable bonds is 8. The van der Waals surface area contributed by atoms with Gasteiger partial charge in [0.05, 0.1) is 28.7 Å². The normalized spacial score (nSPS) is 12.0. The van der Waals surface area contributed by atoms with Gasteiger partial charge in [-0.2, -0.15) is 0 Å². The highest BCUT2D eigenvalue weighted by molar-refractivity contribution is 7.92. The van der Waals surface area contributed by atoms with Crippen molar-refractivity contribution < 1.29 is 18.0 Å². The van der Waals surface area contributed by atoms with E-state index in [1.807, 2.05) is 5.38 Å². The number of hydrogen-bond acceptors (Lipinski definition) is 5. The number of urea groups is 1. The number of amides is 3. The zero-order valence-electron chi connectivity index (χ0n) is 15.7. The molecule has 0 radical (unpaired) electrons. The highest BCUT2D eigenvalue weighted by Crippen LogP contribution is 2.26.